The minimum absolute atomic E-state index is 0.00303. The molecule has 1 aliphatic carbocycles. The van der Waals surface area contributed by atoms with Gasteiger partial charge in [-0.1, -0.05) is 66.7 Å². The van der Waals surface area contributed by atoms with Gasteiger partial charge in [0, 0.05) is 12.0 Å². The zero-order valence-electron chi connectivity index (χ0n) is 16.7. The van der Waals surface area contributed by atoms with E-state index in [0.717, 1.165) is 22.3 Å². The Morgan fingerprint density at radius 2 is 1.48 bits per heavy atom. The first-order valence-corrected chi connectivity index (χ1v) is 10.0. The Labute approximate surface area is 179 Å². The molecule has 0 saturated heterocycles. The van der Waals surface area contributed by atoms with E-state index in [0.29, 0.717) is 0 Å². The lowest BCUT2D eigenvalue weighted by molar-refractivity contribution is -0.159. The summed E-state index contributed by atoms with van der Waals surface area (Å²) in [6, 6.07) is 20.6. The molecule has 0 fully saturated rings. The van der Waals surface area contributed by atoms with Gasteiger partial charge < -0.3 is 15.6 Å². The van der Waals surface area contributed by atoms with Crippen molar-refractivity contribution in [3.63, 3.8) is 0 Å². The Bertz CT molecular complexity index is 1080. The van der Waals surface area contributed by atoms with Crippen LogP contribution in [0, 0.1) is 11.7 Å². The van der Waals surface area contributed by atoms with E-state index in [4.69, 9.17) is 10.5 Å². The number of ether oxygens (including phenoxy) is 1. The van der Waals surface area contributed by atoms with Crippen LogP contribution in [0.5, 0.6) is 0 Å². The summed E-state index contributed by atoms with van der Waals surface area (Å²) >= 11 is 0. The van der Waals surface area contributed by atoms with Crippen molar-refractivity contribution in [3.05, 3.63) is 95.3 Å². The smallest absolute Gasteiger partial charge is 0.321 e. The number of nitrogens with two attached hydrogens (primary N) is 1. The number of carbonyl (C=O) groups is 2. The Balaban J connectivity index is 1.50. The third-order valence-electron chi connectivity index (χ3n) is 5.72. The molecule has 4 rings (SSSR count). The minimum Gasteiger partial charge on any atom is -0.481 e. The van der Waals surface area contributed by atoms with E-state index >= 15 is 0 Å². The van der Waals surface area contributed by atoms with Crippen molar-refractivity contribution in [1.29, 1.82) is 0 Å². The fourth-order valence-corrected chi connectivity index (χ4v) is 4.19. The summed E-state index contributed by atoms with van der Waals surface area (Å²) in [6.07, 6.45) is -0.0894. The van der Waals surface area contributed by atoms with Gasteiger partial charge in [0.05, 0.1) is 0 Å². The first-order valence-electron chi connectivity index (χ1n) is 10.0. The zero-order valence-corrected chi connectivity index (χ0v) is 16.7. The van der Waals surface area contributed by atoms with Crippen LogP contribution >= 0.6 is 0 Å². The number of hydrogen-bond acceptors (Lipinski definition) is 4. The lowest BCUT2D eigenvalue weighted by Gasteiger charge is -2.21. The number of carboxylic acids is 1. The summed E-state index contributed by atoms with van der Waals surface area (Å²) in [6.45, 7) is 0.00303. The Morgan fingerprint density at radius 1 is 0.935 bits per heavy atom. The fourth-order valence-electron chi connectivity index (χ4n) is 4.19. The second kappa shape index (κ2) is 8.70. The van der Waals surface area contributed by atoms with Crippen LogP contribution in [-0.4, -0.2) is 29.7 Å². The number of carboxylic acid groups (broad SMARTS) is 1. The maximum Gasteiger partial charge on any atom is 0.321 e. The number of esters is 1. The van der Waals surface area contributed by atoms with Crippen molar-refractivity contribution in [1.82, 2.24) is 0 Å². The number of fused-ring (bicyclic) bond motifs is 3. The van der Waals surface area contributed by atoms with Gasteiger partial charge in [0.15, 0.2) is 5.92 Å². The van der Waals surface area contributed by atoms with E-state index in [2.05, 4.69) is 0 Å². The maximum absolute atomic E-state index is 13.9. The van der Waals surface area contributed by atoms with Crippen LogP contribution in [0.1, 0.15) is 22.6 Å². The van der Waals surface area contributed by atoms with Crippen LogP contribution in [0.2, 0.25) is 0 Å². The van der Waals surface area contributed by atoms with Crippen LogP contribution in [0.25, 0.3) is 11.1 Å². The molecule has 0 unspecified atom stereocenters. The highest BCUT2D eigenvalue weighted by Crippen LogP contribution is 2.44. The van der Waals surface area contributed by atoms with Crippen LogP contribution in [-0.2, 0) is 20.7 Å². The summed E-state index contributed by atoms with van der Waals surface area (Å²) in [7, 11) is 0. The molecule has 3 N–H and O–H groups in total. The lowest BCUT2D eigenvalue weighted by atomic mass is 9.93. The number of halogens is 1. The van der Waals surface area contributed by atoms with Crippen molar-refractivity contribution in [2.45, 2.75) is 18.4 Å². The molecule has 3 aromatic rings. The fraction of sp³-hybridized carbons (Fsp3) is 0.200. The van der Waals surface area contributed by atoms with Crippen molar-refractivity contribution >= 4 is 11.9 Å². The van der Waals surface area contributed by atoms with Crippen LogP contribution in [0.3, 0.4) is 0 Å². The van der Waals surface area contributed by atoms with Gasteiger partial charge in [-0.3, -0.25) is 9.59 Å². The van der Waals surface area contributed by atoms with E-state index in [-0.39, 0.29) is 24.5 Å². The third kappa shape index (κ3) is 4.07. The Morgan fingerprint density at radius 3 is 2.06 bits per heavy atom. The number of rotatable bonds is 7. The largest absolute Gasteiger partial charge is 0.481 e. The Kier molecular flexibility index (Phi) is 5.82. The molecule has 31 heavy (non-hydrogen) atoms. The quantitative estimate of drug-likeness (QED) is 0.450. The van der Waals surface area contributed by atoms with E-state index in [9.17, 15) is 19.1 Å². The van der Waals surface area contributed by atoms with Crippen LogP contribution in [0.15, 0.2) is 72.8 Å². The third-order valence-corrected chi connectivity index (χ3v) is 5.72. The summed E-state index contributed by atoms with van der Waals surface area (Å²) in [5.74, 6) is -4.58. The first kappa shape index (κ1) is 20.8. The van der Waals surface area contributed by atoms with Crippen molar-refractivity contribution in [2.24, 2.45) is 11.7 Å². The molecule has 0 heterocycles. The monoisotopic (exact) mass is 419 g/mol. The summed E-state index contributed by atoms with van der Waals surface area (Å²) in [5, 5.41) is 9.59. The standard InChI is InChI=1S/C25H22FNO4/c26-21-12-6-1-7-15(21)13-22(27)23(24(28)29)25(30)31-14-20-18-10-4-2-8-16(18)17-9-3-5-11-19(17)20/h1-12,20,22-23H,13-14,27H2,(H,28,29)/t22-,23-/m0/s1. The number of benzene rings is 3. The van der Waals surface area contributed by atoms with E-state index < -0.39 is 29.7 Å². The molecule has 158 valence electrons. The topological polar surface area (TPSA) is 89.6 Å². The van der Waals surface area contributed by atoms with Gasteiger partial charge in [-0.2, -0.15) is 0 Å². The highest BCUT2D eigenvalue weighted by molar-refractivity contribution is 5.95. The second-order valence-electron chi connectivity index (χ2n) is 7.63. The van der Waals surface area contributed by atoms with E-state index in [1.807, 2.05) is 48.5 Å². The number of carbonyl (C=O) groups excluding carboxylic acids is 1. The highest BCUT2D eigenvalue weighted by atomic mass is 19.1. The van der Waals surface area contributed by atoms with E-state index in [1.165, 1.54) is 18.2 Å². The van der Waals surface area contributed by atoms with Gasteiger partial charge in [0.2, 0.25) is 0 Å². The lowest BCUT2D eigenvalue weighted by Crippen LogP contribution is -2.43. The molecule has 3 aromatic carbocycles. The highest BCUT2D eigenvalue weighted by Gasteiger charge is 2.36. The summed E-state index contributed by atoms with van der Waals surface area (Å²) < 4.78 is 19.4. The first-order chi connectivity index (χ1) is 15.0. The molecule has 6 heteroatoms. The minimum atomic E-state index is -1.59. The Hall–Kier alpha value is -3.51. The van der Waals surface area contributed by atoms with Gasteiger partial charge in [0.1, 0.15) is 12.4 Å². The van der Waals surface area contributed by atoms with Gasteiger partial charge >= 0.3 is 11.9 Å². The average molecular weight is 419 g/mol. The molecule has 2 atom stereocenters. The van der Waals surface area contributed by atoms with Gasteiger partial charge in [-0.25, -0.2) is 4.39 Å². The zero-order chi connectivity index (χ0) is 22.0. The van der Waals surface area contributed by atoms with Crippen molar-refractivity contribution < 1.29 is 23.8 Å². The van der Waals surface area contributed by atoms with Crippen molar-refractivity contribution in [3.8, 4) is 11.1 Å². The number of hydrogen-bond donors (Lipinski definition) is 2. The summed E-state index contributed by atoms with van der Waals surface area (Å²) in [4.78, 5) is 24.5. The molecule has 0 saturated carbocycles. The molecule has 0 aromatic heterocycles. The SMILES string of the molecule is N[C@@H](Cc1ccccc1F)[C@@H](C(=O)O)C(=O)OCC1c2ccccc2-c2ccccc21. The molecule has 0 spiro atoms. The molecular weight excluding hydrogens is 397 g/mol. The van der Waals surface area contributed by atoms with Crippen molar-refractivity contribution in [2.75, 3.05) is 6.61 Å². The molecule has 0 aliphatic heterocycles. The predicted molar refractivity (Wildman–Crippen MR) is 114 cm³/mol. The number of aliphatic carboxylic acids is 1. The maximum atomic E-state index is 13.9. The van der Waals surface area contributed by atoms with Gasteiger partial charge in [0.25, 0.3) is 0 Å². The summed E-state index contributed by atoms with van der Waals surface area (Å²) in [5.41, 5.74) is 10.5. The van der Waals surface area contributed by atoms with Gasteiger partial charge in [-0.05, 0) is 40.3 Å². The molecule has 1 aliphatic rings. The van der Waals surface area contributed by atoms with E-state index in [1.54, 1.807) is 6.07 Å². The molecule has 0 bridgehead atoms. The van der Waals surface area contributed by atoms with Crippen LogP contribution in [0.4, 0.5) is 4.39 Å². The van der Waals surface area contributed by atoms with Gasteiger partial charge in [-0.15, -0.1) is 0 Å². The molecular formula is C25H22FNO4. The second-order valence-corrected chi connectivity index (χ2v) is 7.63. The van der Waals surface area contributed by atoms with Crippen LogP contribution < -0.4 is 5.73 Å². The molecule has 0 radical (unpaired) electrons. The normalized spacial score (nSPS) is 14.4. The predicted octanol–water partition coefficient (Wildman–Crippen LogP) is 3.75. The average Bonchev–Trinajstić information content (AvgIpc) is 3.07. The molecule has 5 nitrogen and oxygen atoms in total. The molecule has 0 amide bonds.